The summed E-state index contributed by atoms with van der Waals surface area (Å²) in [6, 6.07) is 7.96. The lowest BCUT2D eigenvalue weighted by atomic mass is 10.0. The predicted molar refractivity (Wildman–Crippen MR) is 73.4 cm³/mol. The van der Waals surface area contributed by atoms with Crippen LogP contribution >= 0.6 is 11.6 Å². The molecule has 2 nitrogen and oxygen atoms in total. The van der Waals surface area contributed by atoms with Gasteiger partial charge in [-0.05, 0) is 30.4 Å². The van der Waals surface area contributed by atoms with E-state index in [1.54, 1.807) is 0 Å². The van der Waals surface area contributed by atoms with Gasteiger partial charge in [0.05, 0.1) is 0 Å². The van der Waals surface area contributed by atoms with Crippen LogP contribution in [0, 0.1) is 5.92 Å². The fraction of sp³-hybridized carbons (Fsp3) is 0.571. The van der Waals surface area contributed by atoms with Crippen LogP contribution in [-0.4, -0.2) is 19.3 Å². The van der Waals surface area contributed by atoms with Crippen molar-refractivity contribution >= 4 is 11.6 Å². The Morgan fingerprint density at radius 3 is 2.65 bits per heavy atom. The van der Waals surface area contributed by atoms with Crippen LogP contribution in [0.15, 0.2) is 24.3 Å². The van der Waals surface area contributed by atoms with Gasteiger partial charge in [-0.3, -0.25) is 0 Å². The summed E-state index contributed by atoms with van der Waals surface area (Å²) < 4.78 is 5.52. The molecule has 0 saturated carbocycles. The first-order chi connectivity index (χ1) is 8.09. The van der Waals surface area contributed by atoms with E-state index in [1.807, 2.05) is 24.3 Å². The van der Waals surface area contributed by atoms with E-state index in [1.165, 1.54) is 0 Å². The molecule has 0 heterocycles. The van der Waals surface area contributed by atoms with Gasteiger partial charge >= 0.3 is 0 Å². The van der Waals surface area contributed by atoms with Crippen molar-refractivity contribution < 1.29 is 4.74 Å². The van der Waals surface area contributed by atoms with E-state index in [9.17, 15) is 0 Å². The fourth-order valence-corrected chi connectivity index (χ4v) is 1.82. The van der Waals surface area contributed by atoms with Gasteiger partial charge in [-0.25, -0.2) is 0 Å². The van der Waals surface area contributed by atoms with Crippen molar-refractivity contribution in [2.75, 3.05) is 13.2 Å². The number of hydrogen-bond acceptors (Lipinski definition) is 2. The Hall–Kier alpha value is -0.570. The minimum absolute atomic E-state index is 0.113. The maximum Gasteiger partial charge on any atom is 0.0489 e. The Morgan fingerprint density at radius 2 is 2.00 bits per heavy atom. The molecule has 0 fully saturated rings. The lowest BCUT2D eigenvalue weighted by Crippen LogP contribution is -2.25. The van der Waals surface area contributed by atoms with Gasteiger partial charge in [-0.15, -0.1) is 0 Å². The molecule has 0 aliphatic carbocycles. The molecule has 1 rings (SSSR count). The summed E-state index contributed by atoms with van der Waals surface area (Å²) in [6.07, 6.45) is 1.68. The van der Waals surface area contributed by atoms with Crippen molar-refractivity contribution in [2.24, 2.45) is 11.7 Å². The largest absolute Gasteiger partial charge is 0.381 e. The number of ether oxygens (including phenoxy) is 1. The second kappa shape index (κ2) is 7.70. The molecule has 0 saturated heterocycles. The molecular weight excluding hydrogens is 234 g/mol. The lowest BCUT2D eigenvalue weighted by Gasteiger charge is -2.13. The standard InChI is InChI=1S/C14H22ClNO/c1-11(2)10-17-8-7-13(16)9-12-5-3-4-6-14(12)15/h3-6,11,13H,7-10,16H2,1-2H3. The van der Waals surface area contributed by atoms with E-state index in [-0.39, 0.29) is 6.04 Å². The molecule has 0 aromatic heterocycles. The average molecular weight is 256 g/mol. The highest BCUT2D eigenvalue weighted by Crippen LogP contribution is 2.16. The smallest absolute Gasteiger partial charge is 0.0489 e. The molecular formula is C14H22ClNO. The molecule has 1 unspecified atom stereocenters. The van der Waals surface area contributed by atoms with Gasteiger partial charge in [0, 0.05) is 24.3 Å². The number of halogens is 1. The van der Waals surface area contributed by atoms with Crippen LogP contribution in [-0.2, 0) is 11.2 Å². The zero-order chi connectivity index (χ0) is 12.7. The summed E-state index contributed by atoms with van der Waals surface area (Å²) in [7, 11) is 0. The van der Waals surface area contributed by atoms with Crippen LogP contribution in [0.3, 0.4) is 0 Å². The second-order valence-electron chi connectivity index (χ2n) is 4.81. The maximum atomic E-state index is 6.08. The van der Waals surface area contributed by atoms with Gasteiger partial charge in [0.2, 0.25) is 0 Å². The van der Waals surface area contributed by atoms with Crippen molar-refractivity contribution in [1.82, 2.24) is 0 Å². The summed E-state index contributed by atoms with van der Waals surface area (Å²) in [4.78, 5) is 0. The van der Waals surface area contributed by atoms with Gasteiger partial charge in [-0.1, -0.05) is 43.6 Å². The molecule has 0 amide bonds. The number of hydrogen-bond donors (Lipinski definition) is 1. The predicted octanol–water partition coefficient (Wildman–Crippen LogP) is 3.27. The van der Waals surface area contributed by atoms with Crippen molar-refractivity contribution in [1.29, 1.82) is 0 Å². The van der Waals surface area contributed by atoms with Gasteiger partial charge in [0.1, 0.15) is 0 Å². The summed E-state index contributed by atoms with van der Waals surface area (Å²) >= 11 is 6.08. The van der Waals surface area contributed by atoms with E-state index < -0.39 is 0 Å². The van der Waals surface area contributed by atoms with Gasteiger partial charge < -0.3 is 10.5 Å². The summed E-state index contributed by atoms with van der Waals surface area (Å²) in [5.41, 5.74) is 7.17. The average Bonchev–Trinajstić information content (AvgIpc) is 2.27. The SMILES string of the molecule is CC(C)COCCC(N)Cc1ccccc1Cl. The monoisotopic (exact) mass is 255 g/mol. The van der Waals surface area contributed by atoms with Crippen molar-refractivity contribution in [3.63, 3.8) is 0 Å². The first kappa shape index (κ1) is 14.5. The molecule has 2 N–H and O–H groups in total. The number of rotatable bonds is 7. The molecule has 0 radical (unpaired) electrons. The van der Waals surface area contributed by atoms with Gasteiger partial charge in [0.25, 0.3) is 0 Å². The third kappa shape index (κ3) is 6.06. The van der Waals surface area contributed by atoms with Gasteiger partial charge in [-0.2, -0.15) is 0 Å². The molecule has 0 spiro atoms. The Labute approximate surface area is 109 Å². The third-order valence-corrected chi connectivity index (χ3v) is 2.89. The van der Waals surface area contributed by atoms with Crippen LogP contribution in [0.2, 0.25) is 5.02 Å². The van der Waals surface area contributed by atoms with Crippen LogP contribution in [0.1, 0.15) is 25.8 Å². The van der Waals surface area contributed by atoms with Crippen LogP contribution in [0.5, 0.6) is 0 Å². The Balaban J connectivity index is 2.25. The Kier molecular flexibility index (Phi) is 6.56. The van der Waals surface area contributed by atoms with Crippen molar-refractivity contribution in [2.45, 2.75) is 32.7 Å². The maximum absolute atomic E-state index is 6.08. The number of benzene rings is 1. The first-order valence-corrected chi connectivity index (χ1v) is 6.54. The lowest BCUT2D eigenvalue weighted by molar-refractivity contribution is 0.104. The highest BCUT2D eigenvalue weighted by Gasteiger charge is 2.07. The third-order valence-electron chi connectivity index (χ3n) is 2.52. The van der Waals surface area contributed by atoms with E-state index in [0.29, 0.717) is 5.92 Å². The van der Waals surface area contributed by atoms with E-state index in [0.717, 1.165) is 36.6 Å². The molecule has 0 aliphatic rings. The first-order valence-electron chi connectivity index (χ1n) is 6.16. The van der Waals surface area contributed by atoms with Crippen LogP contribution in [0.4, 0.5) is 0 Å². The summed E-state index contributed by atoms with van der Waals surface area (Å²) in [5, 5.41) is 0.797. The second-order valence-corrected chi connectivity index (χ2v) is 5.22. The quantitative estimate of drug-likeness (QED) is 0.759. The molecule has 0 aliphatic heterocycles. The highest BCUT2D eigenvalue weighted by atomic mass is 35.5. The van der Waals surface area contributed by atoms with Crippen LogP contribution in [0.25, 0.3) is 0 Å². The molecule has 3 heteroatoms. The minimum Gasteiger partial charge on any atom is -0.381 e. The Bertz CT molecular complexity index is 328. The highest BCUT2D eigenvalue weighted by molar-refractivity contribution is 6.31. The number of nitrogens with two attached hydrogens (primary N) is 1. The fourth-order valence-electron chi connectivity index (χ4n) is 1.60. The van der Waals surface area contributed by atoms with E-state index >= 15 is 0 Å². The minimum atomic E-state index is 0.113. The van der Waals surface area contributed by atoms with Crippen molar-refractivity contribution in [3.05, 3.63) is 34.9 Å². The topological polar surface area (TPSA) is 35.2 Å². The molecule has 1 aromatic carbocycles. The molecule has 1 aromatic rings. The van der Waals surface area contributed by atoms with E-state index in [2.05, 4.69) is 13.8 Å². The summed E-state index contributed by atoms with van der Waals surface area (Å²) in [6.45, 7) is 5.82. The molecule has 0 bridgehead atoms. The van der Waals surface area contributed by atoms with Crippen LogP contribution < -0.4 is 5.73 Å². The summed E-state index contributed by atoms with van der Waals surface area (Å²) in [5.74, 6) is 0.579. The zero-order valence-electron chi connectivity index (χ0n) is 10.7. The molecule has 1 atom stereocenters. The molecule has 96 valence electrons. The van der Waals surface area contributed by atoms with E-state index in [4.69, 9.17) is 22.1 Å². The van der Waals surface area contributed by atoms with Gasteiger partial charge in [0.15, 0.2) is 0 Å². The Morgan fingerprint density at radius 1 is 1.29 bits per heavy atom. The van der Waals surface area contributed by atoms with Crippen molar-refractivity contribution in [3.8, 4) is 0 Å². The normalized spacial score (nSPS) is 13.0. The molecule has 17 heavy (non-hydrogen) atoms. The zero-order valence-corrected chi connectivity index (χ0v) is 11.4.